The molecule has 1 aliphatic heterocycles. The summed E-state index contributed by atoms with van der Waals surface area (Å²) in [6.07, 6.45) is 0.846. The number of ether oxygens (including phenoxy) is 1. The zero-order valence-corrected chi connectivity index (χ0v) is 16.1. The van der Waals surface area contributed by atoms with Gasteiger partial charge in [-0.25, -0.2) is 9.78 Å². The summed E-state index contributed by atoms with van der Waals surface area (Å²) in [7, 11) is 1.64. The maximum atomic E-state index is 12.1. The number of rotatable bonds is 2. The number of nitrogens with zero attached hydrogens (tertiary/aromatic N) is 3. The van der Waals surface area contributed by atoms with E-state index in [9.17, 15) is 14.7 Å². The van der Waals surface area contributed by atoms with Gasteiger partial charge in [0.25, 0.3) is 5.91 Å². The summed E-state index contributed by atoms with van der Waals surface area (Å²) in [4.78, 5) is 33.5. The molecule has 0 spiro atoms. The molecule has 1 atom stereocenters. The number of aliphatic hydroxyl groups is 1. The van der Waals surface area contributed by atoms with Gasteiger partial charge in [0.15, 0.2) is 5.75 Å². The third-order valence-electron chi connectivity index (χ3n) is 4.84. The maximum absolute atomic E-state index is 12.1. The van der Waals surface area contributed by atoms with Crippen molar-refractivity contribution in [1.29, 1.82) is 0 Å². The first kappa shape index (κ1) is 19.4. The first-order valence-corrected chi connectivity index (χ1v) is 9.20. The number of likely N-dealkylation sites (tertiary alicyclic amines) is 1. The van der Waals surface area contributed by atoms with Crippen LogP contribution in [0.4, 0.5) is 4.79 Å². The maximum Gasteiger partial charge on any atom is 0.410 e. The molecular formula is C22H18N4O4. The van der Waals surface area contributed by atoms with Crippen molar-refractivity contribution < 1.29 is 19.4 Å². The van der Waals surface area contributed by atoms with E-state index >= 15 is 0 Å². The van der Waals surface area contributed by atoms with Crippen LogP contribution in [0.1, 0.15) is 12.0 Å². The fourth-order valence-corrected chi connectivity index (χ4v) is 3.25. The van der Waals surface area contributed by atoms with Crippen molar-refractivity contribution in [2.45, 2.75) is 12.0 Å². The SMILES string of the molecule is CN1CCC(O)(C#Cc2cccc(-c3ccc4nccc(OC(N)=O)c4n3)c2)C1=O. The van der Waals surface area contributed by atoms with E-state index in [1.807, 2.05) is 12.1 Å². The van der Waals surface area contributed by atoms with Gasteiger partial charge in [-0.2, -0.15) is 0 Å². The number of nitrogens with two attached hydrogens (primary N) is 1. The van der Waals surface area contributed by atoms with Gasteiger partial charge in [0, 0.05) is 43.4 Å². The molecule has 3 aromatic rings. The van der Waals surface area contributed by atoms with E-state index in [1.54, 1.807) is 31.3 Å². The van der Waals surface area contributed by atoms with Gasteiger partial charge in [-0.15, -0.1) is 0 Å². The smallest absolute Gasteiger partial charge is 0.408 e. The number of amides is 2. The van der Waals surface area contributed by atoms with Crippen LogP contribution in [-0.4, -0.2) is 51.2 Å². The number of aromatic nitrogens is 2. The third-order valence-corrected chi connectivity index (χ3v) is 4.84. The van der Waals surface area contributed by atoms with Gasteiger partial charge in [-0.1, -0.05) is 24.0 Å². The Morgan fingerprint density at radius 2 is 2.13 bits per heavy atom. The highest BCUT2D eigenvalue weighted by Gasteiger charge is 2.42. The molecule has 30 heavy (non-hydrogen) atoms. The molecule has 2 amide bonds. The molecule has 0 aliphatic carbocycles. The van der Waals surface area contributed by atoms with Crippen LogP contribution in [0.15, 0.2) is 48.7 Å². The van der Waals surface area contributed by atoms with Crippen molar-refractivity contribution in [3.63, 3.8) is 0 Å². The number of fused-ring (bicyclic) bond motifs is 1. The fraction of sp³-hybridized carbons (Fsp3) is 0.182. The molecule has 150 valence electrons. The summed E-state index contributed by atoms with van der Waals surface area (Å²) >= 11 is 0. The topological polar surface area (TPSA) is 119 Å². The lowest BCUT2D eigenvalue weighted by atomic mass is 10.0. The van der Waals surface area contributed by atoms with Crippen LogP contribution in [-0.2, 0) is 4.79 Å². The van der Waals surface area contributed by atoms with E-state index in [0.29, 0.717) is 28.8 Å². The standard InChI is InChI=1S/C22H18N4O4/c1-26-12-10-22(29,20(26)27)9-7-14-3-2-4-15(13-14)16-5-6-17-19(25-16)18(8-11-24-17)30-21(23)28/h2-6,8,11,13,29H,10,12H2,1H3,(H2,23,28). The first-order valence-electron chi connectivity index (χ1n) is 9.20. The zero-order valence-electron chi connectivity index (χ0n) is 16.1. The lowest BCUT2D eigenvalue weighted by molar-refractivity contribution is -0.137. The molecule has 3 heterocycles. The Balaban J connectivity index is 1.69. The van der Waals surface area contributed by atoms with Crippen molar-refractivity contribution in [3.8, 4) is 28.8 Å². The van der Waals surface area contributed by atoms with E-state index in [0.717, 1.165) is 5.56 Å². The van der Waals surface area contributed by atoms with Crippen molar-refractivity contribution in [2.24, 2.45) is 5.73 Å². The molecule has 1 aliphatic rings. The van der Waals surface area contributed by atoms with Gasteiger partial charge >= 0.3 is 6.09 Å². The third kappa shape index (κ3) is 3.66. The summed E-state index contributed by atoms with van der Waals surface area (Å²) in [6, 6.07) is 12.3. The molecule has 2 aromatic heterocycles. The Labute approximate surface area is 172 Å². The summed E-state index contributed by atoms with van der Waals surface area (Å²) in [6.45, 7) is 0.467. The molecule has 8 heteroatoms. The molecule has 1 aromatic carbocycles. The van der Waals surface area contributed by atoms with Crippen LogP contribution in [0.3, 0.4) is 0 Å². The number of benzene rings is 1. The Morgan fingerprint density at radius 1 is 1.30 bits per heavy atom. The van der Waals surface area contributed by atoms with E-state index in [2.05, 4.69) is 21.8 Å². The highest BCUT2D eigenvalue weighted by atomic mass is 16.5. The highest BCUT2D eigenvalue weighted by molar-refractivity contribution is 5.90. The monoisotopic (exact) mass is 402 g/mol. The van der Waals surface area contributed by atoms with Crippen LogP contribution in [0.2, 0.25) is 0 Å². The number of carbonyl (C=O) groups is 2. The molecular weight excluding hydrogens is 384 g/mol. The van der Waals surface area contributed by atoms with E-state index in [-0.39, 0.29) is 12.2 Å². The van der Waals surface area contributed by atoms with Gasteiger partial charge in [-0.05, 0) is 24.3 Å². The molecule has 3 N–H and O–H groups in total. The number of likely N-dealkylation sites (N-methyl/N-ethyl adjacent to an activating group) is 1. The summed E-state index contributed by atoms with van der Waals surface area (Å²) in [5, 5.41) is 10.5. The predicted molar refractivity (Wildman–Crippen MR) is 109 cm³/mol. The molecule has 0 bridgehead atoms. The molecule has 0 radical (unpaired) electrons. The molecule has 0 saturated carbocycles. The van der Waals surface area contributed by atoms with Crippen LogP contribution >= 0.6 is 0 Å². The number of pyridine rings is 2. The van der Waals surface area contributed by atoms with Crippen molar-refractivity contribution >= 4 is 23.0 Å². The second kappa shape index (κ2) is 7.46. The number of hydrogen-bond donors (Lipinski definition) is 2. The van der Waals surface area contributed by atoms with Crippen LogP contribution in [0.25, 0.3) is 22.3 Å². The largest absolute Gasteiger partial charge is 0.410 e. The van der Waals surface area contributed by atoms with Crippen LogP contribution < -0.4 is 10.5 Å². The molecule has 1 saturated heterocycles. The first-order chi connectivity index (χ1) is 14.4. The van der Waals surface area contributed by atoms with Gasteiger partial charge < -0.3 is 20.5 Å². The average Bonchev–Trinajstić information content (AvgIpc) is 3.00. The minimum Gasteiger partial charge on any atom is -0.408 e. The Bertz CT molecular complexity index is 1230. The van der Waals surface area contributed by atoms with Crippen molar-refractivity contribution in [2.75, 3.05) is 13.6 Å². The molecule has 4 rings (SSSR count). The molecule has 1 unspecified atom stereocenters. The second-order valence-corrected chi connectivity index (χ2v) is 6.96. The minimum absolute atomic E-state index is 0.219. The van der Waals surface area contributed by atoms with Gasteiger partial charge in [-0.3, -0.25) is 9.78 Å². The Morgan fingerprint density at radius 3 is 2.87 bits per heavy atom. The highest BCUT2D eigenvalue weighted by Crippen LogP contribution is 2.27. The van der Waals surface area contributed by atoms with Crippen LogP contribution in [0, 0.1) is 11.8 Å². The van der Waals surface area contributed by atoms with E-state index in [4.69, 9.17) is 10.5 Å². The number of carbonyl (C=O) groups excluding carboxylic acids is 2. The Kier molecular flexibility index (Phi) is 4.82. The predicted octanol–water partition coefficient (Wildman–Crippen LogP) is 1.70. The lowest BCUT2D eigenvalue weighted by Gasteiger charge is -2.13. The number of hydrogen-bond acceptors (Lipinski definition) is 6. The quantitative estimate of drug-likeness (QED) is 0.630. The van der Waals surface area contributed by atoms with Gasteiger partial charge in [0.1, 0.15) is 5.52 Å². The minimum atomic E-state index is -1.65. The fourth-order valence-electron chi connectivity index (χ4n) is 3.25. The van der Waals surface area contributed by atoms with Gasteiger partial charge in [0.2, 0.25) is 5.60 Å². The van der Waals surface area contributed by atoms with E-state index in [1.165, 1.54) is 17.2 Å². The molecule has 8 nitrogen and oxygen atoms in total. The second-order valence-electron chi connectivity index (χ2n) is 6.96. The number of primary amides is 1. The lowest BCUT2D eigenvalue weighted by Crippen LogP contribution is -2.37. The summed E-state index contributed by atoms with van der Waals surface area (Å²) in [5.41, 5.74) is 6.44. The Hall–Kier alpha value is -3.96. The van der Waals surface area contributed by atoms with Gasteiger partial charge in [0.05, 0.1) is 11.2 Å². The van der Waals surface area contributed by atoms with Crippen LogP contribution in [0.5, 0.6) is 5.75 Å². The van der Waals surface area contributed by atoms with Crippen molar-refractivity contribution in [3.05, 3.63) is 54.2 Å². The van der Waals surface area contributed by atoms with Crippen molar-refractivity contribution in [1.82, 2.24) is 14.9 Å². The van der Waals surface area contributed by atoms with E-state index < -0.39 is 17.6 Å². The molecule has 1 fully saturated rings. The zero-order chi connectivity index (χ0) is 21.3. The summed E-state index contributed by atoms with van der Waals surface area (Å²) < 4.78 is 5.02. The summed E-state index contributed by atoms with van der Waals surface area (Å²) in [5.74, 6) is 5.42. The normalized spacial score (nSPS) is 18.2. The average molecular weight is 402 g/mol.